The lowest BCUT2D eigenvalue weighted by Crippen LogP contribution is -2.16. The number of rotatable bonds is 6. The van der Waals surface area contributed by atoms with E-state index < -0.39 is 23.4 Å². The van der Waals surface area contributed by atoms with Crippen LogP contribution in [0.2, 0.25) is 0 Å². The monoisotopic (exact) mass is 406 g/mol. The molecule has 2 aromatic carbocycles. The van der Waals surface area contributed by atoms with Crippen molar-refractivity contribution in [3.63, 3.8) is 0 Å². The van der Waals surface area contributed by atoms with Gasteiger partial charge in [0.25, 0.3) is 0 Å². The van der Waals surface area contributed by atoms with Gasteiger partial charge in [-0.2, -0.15) is 0 Å². The number of carbonyl (C=O) groups is 1. The van der Waals surface area contributed by atoms with Crippen LogP contribution in [0.3, 0.4) is 0 Å². The van der Waals surface area contributed by atoms with Gasteiger partial charge in [-0.05, 0) is 38.1 Å². The lowest BCUT2D eigenvalue weighted by molar-refractivity contribution is -0.113. The zero-order chi connectivity index (χ0) is 20.3. The Morgan fingerprint density at radius 2 is 1.86 bits per heavy atom. The van der Waals surface area contributed by atoms with Gasteiger partial charge < -0.3 is 5.32 Å². The van der Waals surface area contributed by atoms with Crippen molar-refractivity contribution in [3.05, 3.63) is 59.9 Å². The second-order valence-electron chi connectivity index (χ2n) is 6.21. The van der Waals surface area contributed by atoms with E-state index in [0.717, 1.165) is 23.9 Å². The molecule has 0 aliphatic rings. The van der Waals surface area contributed by atoms with Crippen LogP contribution in [0, 0.1) is 17.5 Å². The van der Waals surface area contributed by atoms with E-state index in [-0.39, 0.29) is 17.5 Å². The zero-order valence-corrected chi connectivity index (χ0v) is 15.9. The zero-order valence-electron chi connectivity index (χ0n) is 15.1. The normalized spacial score (nSPS) is 11.1. The number of halogens is 3. The average Bonchev–Trinajstić information content (AvgIpc) is 3.07. The SMILES string of the molecule is CC(C)n1c(SCC(=O)Nc2ccc(F)cc2F)nnc1-c1ccccc1F. The van der Waals surface area contributed by atoms with Crippen molar-refractivity contribution in [1.29, 1.82) is 0 Å². The van der Waals surface area contributed by atoms with Crippen molar-refractivity contribution in [1.82, 2.24) is 14.8 Å². The van der Waals surface area contributed by atoms with Crippen LogP contribution in [-0.4, -0.2) is 26.4 Å². The second kappa shape index (κ2) is 8.47. The molecule has 5 nitrogen and oxygen atoms in total. The number of amides is 1. The molecule has 1 aromatic heterocycles. The highest BCUT2D eigenvalue weighted by Gasteiger charge is 2.20. The van der Waals surface area contributed by atoms with E-state index in [1.54, 1.807) is 22.8 Å². The molecule has 146 valence electrons. The Labute approximate surface area is 164 Å². The molecule has 0 radical (unpaired) electrons. The summed E-state index contributed by atoms with van der Waals surface area (Å²) in [4.78, 5) is 12.1. The highest BCUT2D eigenvalue weighted by atomic mass is 32.2. The van der Waals surface area contributed by atoms with Crippen LogP contribution in [0.4, 0.5) is 18.9 Å². The van der Waals surface area contributed by atoms with Gasteiger partial charge in [0.15, 0.2) is 11.0 Å². The summed E-state index contributed by atoms with van der Waals surface area (Å²) in [5.41, 5.74) is 0.206. The van der Waals surface area contributed by atoms with Gasteiger partial charge in [0.05, 0.1) is 17.0 Å². The van der Waals surface area contributed by atoms with Crippen LogP contribution < -0.4 is 5.32 Å². The minimum absolute atomic E-state index is 0.0705. The topological polar surface area (TPSA) is 59.8 Å². The number of thioether (sulfide) groups is 1. The van der Waals surface area contributed by atoms with Crippen molar-refractivity contribution in [2.45, 2.75) is 25.0 Å². The average molecular weight is 406 g/mol. The molecule has 9 heteroatoms. The molecule has 1 amide bonds. The van der Waals surface area contributed by atoms with Gasteiger partial charge in [0.2, 0.25) is 5.91 Å². The predicted molar refractivity (Wildman–Crippen MR) is 102 cm³/mol. The van der Waals surface area contributed by atoms with E-state index in [1.807, 2.05) is 13.8 Å². The van der Waals surface area contributed by atoms with Crippen molar-refractivity contribution in [3.8, 4) is 11.4 Å². The Hall–Kier alpha value is -2.81. The molecule has 0 spiro atoms. The first-order valence-electron chi connectivity index (χ1n) is 8.44. The van der Waals surface area contributed by atoms with Crippen molar-refractivity contribution in [2.24, 2.45) is 0 Å². The Morgan fingerprint density at radius 3 is 2.54 bits per heavy atom. The summed E-state index contributed by atoms with van der Waals surface area (Å²) >= 11 is 1.09. The first-order chi connectivity index (χ1) is 13.4. The number of carbonyl (C=O) groups excluding carboxylic acids is 1. The largest absolute Gasteiger partial charge is 0.323 e. The quantitative estimate of drug-likeness (QED) is 0.604. The van der Waals surface area contributed by atoms with Crippen LogP contribution in [0.25, 0.3) is 11.4 Å². The summed E-state index contributed by atoms with van der Waals surface area (Å²) < 4.78 is 42.5. The third-order valence-corrected chi connectivity index (χ3v) is 4.78. The highest BCUT2D eigenvalue weighted by Crippen LogP contribution is 2.29. The number of hydrogen-bond acceptors (Lipinski definition) is 4. The molecular formula is C19H17F3N4OS. The molecular weight excluding hydrogens is 389 g/mol. The molecule has 3 rings (SSSR count). The van der Waals surface area contributed by atoms with Gasteiger partial charge in [-0.3, -0.25) is 9.36 Å². The molecule has 3 aromatic rings. The van der Waals surface area contributed by atoms with Crippen LogP contribution in [0.15, 0.2) is 47.6 Å². The van der Waals surface area contributed by atoms with E-state index >= 15 is 0 Å². The lowest BCUT2D eigenvalue weighted by atomic mass is 10.2. The summed E-state index contributed by atoms with van der Waals surface area (Å²) in [5.74, 6) is -2.19. The molecule has 0 aliphatic heterocycles. The van der Waals surface area contributed by atoms with Crippen LogP contribution in [0.5, 0.6) is 0 Å². The lowest BCUT2D eigenvalue weighted by Gasteiger charge is -2.14. The number of hydrogen-bond donors (Lipinski definition) is 1. The molecule has 1 N–H and O–H groups in total. The number of benzene rings is 2. The molecule has 0 saturated heterocycles. The second-order valence-corrected chi connectivity index (χ2v) is 7.15. The van der Waals surface area contributed by atoms with Gasteiger partial charge in [0, 0.05) is 12.1 Å². The van der Waals surface area contributed by atoms with E-state index in [0.29, 0.717) is 22.6 Å². The number of nitrogens with zero attached hydrogens (tertiary/aromatic N) is 3. The molecule has 1 heterocycles. The van der Waals surface area contributed by atoms with Gasteiger partial charge in [-0.15, -0.1) is 10.2 Å². The molecule has 0 saturated carbocycles. The Kier molecular flexibility index (Phi) is 6.03. The van der Waals surface area contributed by atoms with Crippen molar-refractivity contribution < 1.29 is 18.0 Å². The first kappa shape index (κ1) is 19.9. The van der Waals surface area contributed by atoms with E-state index in [2.05, 4.69) is 15.5 Å². The summed E-state index contributed by atoms with van der Waals surface area (Å²) in [5, 5.41) is 11.0. The van der Waals surface area contributed by atoms with E-state index in [1.165, 1.54) is 6.07 Å². The molecule has 28 heavy (non-hydrogen) atoms. The van der Waals surface area contributed by atoms with Gasteiger partial charge in [-0.1, -0.05) is 23.9 Å². The molecule has 0 atom stereocenters. The van der Waals surface area contributed by atoms with Crippen molar-refractivity contribution in [2.75, 3.05) is 11.1 Å². The van der Waals surface area contributed by atoms with E-state index in [9.17, 15) is 18.0 Å². The maximum absolute atomic E-state index is 14.1. The number of anilines is 1. The Morgan fingerprint density at radius 1 is 1.11 bits per heavy atom. The molecule has 0 unspecified atom stereocenters. The van der Waals surface area contributed by atoms with Crippen LogP contribution >= 0.6 is 11.8 Å². The maximum atomic E-state index is 14.1. The predicted octanol–water partition coefficient (Wildman–Crippen LogP) is 4.67. The van der Waals surface area contributed by atoms with Gasteiger partial charge in [-0.25, -0.2) is 13.2 Å². The Bertz CT molecular complexity index is 1010. The minimum atomic E-state index is -0.856. The maximum Gasteiger partial charge on any atom is 0.234 e. The fourth-order valence-corrected chi connectivity index (χ4v) is 3.44. The smallest absolute Gasteiger partial charge is 0.234 e. The minimum Gasteiger partial charge on any atom is -0.323 e. The Balaban J connectivity index is 1.76. The van der Waals surface area contributed by atoms with Crippen LogP contribution in [0.1, 0.15) is 19.9 Å². The summed E-state index contributed by atoms with van der Waals surface area (Å²) in [7, 11) is 0. The summed E-state index contributed by atoms with van der Waals surface area (Å²) in [6, 6.07) is 9.06. The highest BCUT2D eigenvalue weighted by molar-refractivity contribution is 7.99. The fourth-order valence-electron chi connectivity index (χ4n) is 2.57. The van der Waals surface area contributed by atoms with E-state index in [4.69, 9.17) is 0 Å². The van der Waals surface area contributed by atoms with Gasteiger partial charge in [0.1, 0.15) is 17.5 Å². The van der Waals surface area contributed by atoms with Gasteiger partial charge >= 0.3 is 0 Å². The number of nitrogens with one attached hydrogen (secondary N) is 1. The van der Waals surface area contributed by atoms with Crippen molar-refractivity contribution >= 4 is 23.4 Å². The number of aromatic nitrogens is 3. The molecule has 0 fully saturated rings. The summed E-state index contributed by atoms with van der Waals surface area (Å²) in [6.45, 7) is 3.79. The first-order valence-corrected chi connectivity index (χ1v) is 9.43. The molecule has 0 aliphatic carbocycles. The summed E-state index contributed by atoms with van der Waals surface area (Å²) in [6.07, 6.45) is 0. The third-order valence-electron chi connectivity index (χ3n) is 3.83. The van der Waals surface area contributed by atoms with Crippen LogP contribution in [-0.2, 0) is 4.79 Å². The fraction of sp³-hybridized carbons (Fsp3) is 0.211. The standard InChI is InChI=1S/C19H17F3N4OS/c1-11(2)26-18(13-5-3-4-6-14(13)21)24-25-19(26)28-10-17(27)23-16-8-7-12(20)9-15(16)22/h3-9,11H,10H2,1-2H3,(H,23,27). The molecule has 0 bridgehead atoms. The third kappa shape index (κ3) is 4.36.